The average Bonchev–Trinajstić information content (AvgIpc) is 3.17. The zero-order valence-corrected chi connectivity index (χ0v) is 19.1. The second-order valence-electron chi connectivity index (χ2n) is 9.16. The van der Waals surface area contributed by atoms with Gasteiger partial charge >= 0.3 is 0 Å². The van der Waals surface area contributed by atoms with Crippen molar-refractivity contribution in [3.05, 3.63) is 76.7 Å². The van der Waals surface area contributed by atoms with Gasteiger partial charge in [0.25, 0.3) is 5.91 Å². The summed E-state index contributed by atoms with van der Waals surface area (Å²) < 4.78 is 11.5. The molecule has 31 heavy (non-hydrogen) atoms. The van der Waals surface area contributed by atoms with Crippen LogP contribution in [-0.4, -0.2) is 11.0 Å². The van der Waals surface area contributed by atoms with Gasteiger partial charge in [-0.2, -0.15) is 0 Å². The van der Waals surface area contributed by atoms with Crippen molar-refractivity contribution in [3.8, 4) is 11.5 Å². The highest BCUT2D eigenvalue weighted by Gasteiger charge is 2.16. The number of aromatic hydroxyl groups is 1. The summed E-state index contributed by atoms with van der Waals surface area (Å²) in [5, 5.41) is 13.0. The number of rotatable bonds is 6. The molecule has 0 bridgehead atoms. The zero-order valence-electron chi connectivity index (χ0n) is 19.1. The van der Waals surface area contributed by atoms with Crippen molar-refractivity contribution in [3.63, 3.8) is 0 Å². The van der Waals surface area contributed by atoms with Crippen LogP contribution in [0.5, 0.6) is 11.5 Å². The third-order valence-electron chi connectivity index (χ3n) is 5.23. The number of carbonyl (C=O) groups excluding carboxylic acids is 1. The standard InChI is InChI=1S/C26H31NO4/c1-16(2)21-14-22(17(3)13-23(21)28)27-25(29)24-12-11-20(31-24)15-30-19-9-7-18(8-10-19)26(4,5)6/h7-14,16,28H,15H2,1-6H3,(H,27,29). The molecular weight excluding hydrogens is 390 g/mol. The number of phenolic OH excluding ortho intramolecular Hbond substituents is 1. The van der Waals surface area contributed by atoms with Gasteiger partial charge in [0.2, 0.25) is 0 Å². The number of carbonyl (C=O) groups is 1. The van der Waals surface area contributed by atoms with Crippen molar-refractivity contribution in [2.75, 3.05) is 5.32 Å². The lowest BCUT2D eigenvalue weighted by Gasteiger charge is -2.19. The van der Waals surface area contributed by atoms with Crippen LogP contribution in [0.2, 0.25) is 0 Å². The minimum Gasteiger partial charge on any atom is -0.508 e. The van der Waals surface area contributed by atoms with Crippen LogP contribution in [0.1, 0.15) is 73.5 Å². The Balaban J connectivity index is 1.64. The molecule has 3 rings (SSSR count). The molecule has 1 heterocycles. The van der Waals surface area contributed by atoms with E-state index in [-0.39, 0.29) is 35.4 Å². The van der Waals surface area contributed by atoms with Crippen molar-refractivity contribution < 1.29 is 19.1 Å². The number of anilines is 1. The summed E-state index contributed by atoms with van der Waals surface area (Å²) in [5.74, 6) is 1.55. The monoisotopic (exact) mass is 421 g/mol. The van der Waals surface area contributed by atoms with Gasteiger partial charge < -0.3 is 19.6 Å². The van der Waals surface area contributed by atoms with E-state index in [9.17, 15) is 9.90 Å². The number of phenols is 1. The van der Waals surface area contributed by atoms with Gasteiger partial charge in [0.1, 0.15) is 23.9 Å². The largest absolute Gasteiger partial charge is 0.508 e. The molecule has 2 aromatic carbocycles. The Kier molecular flexibility index (Phi) is 6.44. The van der Waals surface area contributed by atoms with Crippen LogP contribution in [0.15, 0.2) is 52.9 Å². The van der Waals surface area contributed by atoms with E-state index in [4.69, 9.17) is 9.15 Å². The van der Waals surface area contributed by atoms with E-state index in [0.29, 0.717) is 11.4 Å². The first kappa shape index (κ1) is 22.5. The predicted octanol–water partition coefficient (Wildman–Crippen LogP) is 6.55. The minimum absolute atomic E-state index is 0.0909. The Hall–Kier alpha value is -3.21. The molecule has 0 spiro atoms. The Labute approximate surface area is 184 Å². The maximum absolute atomic E-state index is 12.6. The molecule has 164 valence electrons. The molecule has 0 saturated carbocycles. The van der Waals surface area contributed by atoms with Crippen molar-refractivity contribution >= 4 is 11.6 Å². The summed E-state index contributed by atoms with van der Waals surface area (Å²) in [6.45, 7) is 12.6. The molecule has 0 aliphatic heterocycles. The Morgan fingerprint density at radius 3 is 2.39 bits per heavy atom. The fraction of sp³-hybridized carbons (Fsp3) is 0.346. The van der Waals surface area contributed by atoms with Crippen LogP contribution in [-0.2, 0) is 12.0 Å². The van der Waals surface area contributed by atoms with Gasteiger partial charge in [0.15, 0.2) is 5.76 Å². The van der Waals surface area contributed by atoms with Gasteiger partial charge in [-0.1, -0.05) is 46.8 Å². The zero-order chi connectivity index (χ0) is 22.8. The van der Waals surface area contributed by atoms with Crippen molar-refractivity contribution in [2.24, 2.45) is 0 Å². The summed E-state index contributed by atoms with van der Waals surface area (Å²) in [4.78, 5) is 12.6. The van der Waals surface area contributed by atoms with Crippen molar-refractivity contribution in [1.82, 2.24) is 0 Å². The Bertz CT molecular complexity index is 1060. The van der Waals surface area contributed by atoms with E-state index >= 15 is 0 Å². The molecule has 1 amide bonds. The van der Waals surface area contributed by atoms with Gasteiger partial charge in [-0.3, -0.25) is 4.79 Å². The van der Waals surface area contributed by atoms with Crippen LogP contribution in [0.3, 0.4) is 0 Å². The number of aryl methyl sites for hydroxylation is 1. The van der Waals surface area contributed by atoms with Gasteiger partial charge in [-0.05, 0) is 71.3 Å². The van der Waals surface area contributed by atoms with E-state index in [1.54, 1.807) is 24.3 Å². The van der Waals surface area contributed by atoms with E-state index in [2.05, 4.69) is 38.2 Å². The third-order valence-corrected chi connectivity index (χ3v) is 5.23. The van der Waals surface area contributed by atoms with Gasteiger partial charge in [-0.25, -0.2) is 0 Å². The van der Waals surface area contributed by atoms with Crippen LogP contribution in [0.4, 0.5) is 5.69 Å². The molecule has 3 aromatic rings. The molecule has 0 unspecified atom stereocenters. The second-order valence-corrected chi connectivity index (χ2v) is 9.16. The summed E-state index contributed by atoms with van der Waals surface area (Å²) in [6, 6.07) is 14.8. The number of hydrogen-bond donors (Lipinski definition) is 2. The molecule has 0 fully saturated rings. The summed E-state index contributed by atoms with van der Waals surface area (Å²) >= 11 is 0. The maximum atomic E-state index is 12.6. The van der Waals surface area contributed by atoms with Crippen LogP contribution in [0.25, 0.3) is 0 Å². The normalized spacial score (nSPS) is 11.6. The van der Waals surface area contributed by atoms with Crippen LogP contribution in [0, 0.1) is 6.92 Å². The van der Waals surface area contributed by atoms with E-state index < -0.39 is 0 Å². The molecule has 0 aliphatic rings. The quantitative estimate of drug-likeness (QED) is 0.443. The predicted molar refractivity (Wildman–Crippen MR) is 123 cm³/mol. The Morgan fingerprint density at radius 2 is 1.77 bits per heavy atom. The average molecular weight is 422 g/mol. The third kappa shape index (κ3) is 5.48. The maximum Gasteiger partial charge on any atom is 0.291 e. The number of amides is 1. The summed E-state index contributed by atoms with van der Waals surface area (Å²) in [5.41, 5.74) is 3.55. The summed E-state index contributed by atoms with van der Waals surface area (Å²) in [6.07, 6.45) is 0. The smallest absolute Gasteiger partial charge is 0.291 e. The first-order chi connectivity index (χ1) is 14.5. The molecule has 0 radical (unpaired) electrons. The number of benzene rings is 2. The SMILES string of the molecule is Cc1cc(O)c(C(C)C)cc1NC(=O)c1ccc(COc2ccc(C(C)(C)C)cc2)o1. The van der Waals surface area contributed by atoms with Gasteiger partial charge in [-0.15, -0.1) is 0 Å². The highest BCUT2D eigenvalue weighted by molar-refractivity contribution is 6.02. The van der Waals surface area contributed by atoms with E-state index in [1.807, 2.05) is 32.9 Å². The van der Waals surface area contributed by atoms with Gasteiger partial charge in [0.05, 0.1) is 0 Å². The molecule has 5 nitrogen and oxygen atoms in total. The first-order valence-corrected chi connectivity index (χ1v) is 10.5. The fourth-order valence-electron chi connectivity index (χ4n) is 3.27. The molecule has 5 heteroatoms. The van der Waals surface area contributed by atoms with Crippen molar-refractivity contribution in [1.29, 1.82) is 0 Å². The fourth-order valence-corrected chi connectivity index (χ4v) is 3.27. The lowest BCUT2D eigenvalue weighted by atomic mass is 9.87. The summed E-state index contributed by atoms with van der Waals surface area (Å²) in [7, 11) is 0. The minimum atomic E-state index is -0.343. The molecule has 0 atom stereocenters. The highest BCUT2D eigenvalue weighted by Crippen LogP contribution is 2.31. The second kappa shape index (κ2) is 8.88. The van der Waals surface area contributed by atoms with Crippen LogP contribution >= 0.6 is 0 Å². The molecular formula is C26H31NO4. The number of hydrogen-bond acceptors (Lipinski definition) is 4. The molecule has 0 aliphatic carbocycles. The number of nitrogens with one attached hydrogen (secondary N) is 1. The van der Waals surface area contributed by atoms with Gasteiger partial charge in [0, 0.05) is 5.69 Å². The van der Waals surface area contributed by atoms with Crippen molar-refractivity contribution in [2.45, 2.75) is 59.5 Å². The van der Waals surface area contributed by atoms with E-state index in [1.165, 1.54) is 5.56 Å². The topological polar surface area (TPSA) is 71.7 Å². The number of ether oxygens (including phenoxy) is 1. The molecule has 2 N–H and O–H groups in total. The lowest BCUT2D eigenvalue weighted by Crippen LogP contribution is -2.12. The highest BCUT2D eigenvalue weighted by atomic mass is 16.5. The Morgan fingerprint density at radius 1 is 1.10 bits per heavy atom. The molecule has 1 aromatic heterocycles. The first-order valence-electron chi connectivity index (χ1n) is 10.5. The van der Waals surface area contributed by atoms with E-state index in [0.717, 1.165) is 16.9 Å². The lowest BCUT2D eigenvalue weighted by molar-refractivity contribution is 0.0992. The molecule has 0 saturated heterocycles. The number of furan rings is 1. The van der Waals surface area contributed by atoms with Crippen LogP contribution < -0.4 is 10.1 Å².